The van der Waals surface area contributed by atoms with Crippen LogP contribution >= 0.6 is 0 Å². The zero-order valence-electron chi connectivity index (χ0n) is 14.5. The van der Waals surface area contributed by atoms with Gasteiger partial charge in [-0.15, -0.1) is 0 Å². The molecule has 1 N–H and O–H groups in total. The smallest absolute Gasteiger partial charge is 0.258 e. The number of carbonyl (C=O) groups excluding carboxylic acids is 1. The molecule has 2 atom stereocenters. The average molecular weight is 340 g/mol. The number of benzene rings is 1. The van der Waals surface area contributed by atoms with Gasteiger partial charge in [0.15, 0.2) is 6.61 Å². The van der Waals surface area contributed by atoms with Gasteiger partial charge in [0.2, 0.25) is 5.88 Å². The fourth-order valence-corrected chi connectivity index (χ4v) is 3.06. The molecule has 1 aromatic carbocycles. The molecule has 132 valence electrons. The van der Waals surface area contributed by atoms with Crippen LogP contribution in [0.4, 0.5) is 0 Å². The molecule has 2 aromatic rings. The third-order valence-electron chi connectivity index (χ3n) is 4.51. The summed E-state index contributed by atoms with van der Waals surface area (Å²) in [6, 6.07) is 12.9. The van der Waals surface area contributed by atoms with Crippen LogP contribution in [0.2, 0.25) is 0 Å². The number of rotatable bonds is 6. The van der Waals surface area contributed by atoms with Gasteiger partial charge in [-0.2, -0.15) is 0 Å². The molecule has 0 saturated heterocycles. The van der Waals surface area contributed by atoms with E-state index >= 15 is 0 Å². The topological polar surface area (TPSA) is 60.5 Å². The summed E-state index contributed by atoms with van der Waals surface area (Å²) in [6.07, 6.45) is 6.37. The quantitative estimate of drug-likeness (QED) is 0.865. The van der Waals surface area contributed by atoms with Crippen LogP contribution in [0.25, 0.3) is 0 Å². The average Bonchev–Trinajstić information content (AvgIpc) is 2.64. The van der Waals surface area contributed by atoms with Gasteiger partial charge in [0.1, 0.15) is 11.5 Å². The van der Waals surface area contributed by atoms with Gasteiger partial charge in [-0.05, 0) is 49.1 Å². The van der Waals surface area contributed by atoms with Gasteiger partial charge < -0.3 is 14.8 Å². The number of nitrogens with one attached hydrogen (secondary N) is 1. The molecule has 5 heteroatoms. The molecule has 0 radical (unpaired) electrons. The Kier molecular flexibility index (Phi) is 5.88. The van der Waals surface area contributed by atoms with Gasteiger partial charge in [0.25, 0.3) is 5.91 Å². The van der Waals surface area contributed by atoms with Gasteiger partial charge >= 0.3 is 0 Å². The minimum Gasteiger partial charge on any atom is -0.484 e. The SMILES string of the molecule is C[C@@H]1CCCC[C@@H]1NC(=O)COc1ccc(Oc2ccccn2)cc1. The van der Waals surface area contributed by atoms with E-state index in [4.69, 9.17) is 9.47 Å². The van der Waals surface area contributed by atoms with Crippen LogP contribution in [0, 0.1) is 5.92 Å². The second-order valence-corrected chi connectivity index (χ2v) is 6.47. The molecule has 1 amide bonds. The van der Waals surface area contributed by atoms with E-state index in [-0.39, 0.29) is 18.6 Å². The van der Waals surface area contributed by atoms with Crippen LogP contribution in [0.15, 0.2) is 48.7 Å². The van der Waals surface area contributed by atoms with E-state index in [9.17, 15) is 4.79 Å². The number of aromatic nitrogens is 1. The zero-order chi connectivity index (χ0) is 17.5. The first-order valence-corrected chi connectivity index (χ1v) is 8.82. The molecule has 1 aliphatic carbocycles. The number of carbonyl (C=O) groups is 1. The molecule has 0 spiro atoms. The highest BCUT2D eigenvalue weighted by molar-refractivity contribution is 5.77. The number of hydrogen-bond acceptors (Lipinski definition) is 4. The molecule has 1 saturated carbocycles. The second-order valence-electron chi connectivity index (χ2n) is 6.47. The van der Waals surface area contributed by atoms with E-state index in [0.29, 0.717) is 23.3 Å². The van der Waals surface area contributed by atoms with Gasteiger partial charge in [0, 0.05) is 18.3 Å². The Balaban J connectivity index is 1.46. The summed E-state index contributed by atoms with van der Waals surface area (Å²) in [4.78, 5) is 16.2. The summed E-state index contributed by atoms with van der Waals surface area (Å²) in [5.41, 5.74) is 0. The monoisotopic (exact) mass is 340 g/mol. The predicted octanol–water partition coefficient (Wildman–Crippen LogP) is 3.95. The maximum absolute atomic E-state index is 12.1. The Morgan fingerprint density at radius 1 is 1.12 bits per heavy atom. The van der Waals surface area contributed by atoms with Crippen molar-refractivity contribution in [2.75, 3.05) is 6.61 Å². The number of hydrogen-bond donors (Lipinski definition) is 1. The minimum atomic E-state index is -0.0624. The van der Waals surface area contributed by atoms with Crippen molar-refractivity contribution in [1.82, 2.24) is 10.3 Å². The van der Waals surface area contributed by atoms with Crippen LogP contribution in [-0.4, -0.2) is 23.5 Å². The lowest BCUT2D eigenvalue weighted by atomic mass is 9.86. The minimum absolute atomic E-state index is 0.0314. The van der Waals surface area contributed by atoms with Crippen LogP contribution in [0.3, 0.4) is 0 Å². The van der Waals surface area contributed by atoms with E-state index in [2.05, 4.69) is 17.2 Å². The van der Waals surface area contributed by atoms with Crippen LogP contribution in [-0.2, 0) is 4.79 Å². The molecule has 0 aliphatic heterocycles. The normalized spacial score (nSPS) is 19.9. The number of ether oxygens (including phenoxy) is 2. The van der Waals surface area contributed by atoms with Crippen molar-refractivity contribution >= 4 is 5.91 Å². The Hall–Kier alpha value is -2.56. The first-order chi connectivity index (χ1) is 12.2. The van der Waals surface area contributed by atoms with Crippen molar-refractivity contribution in [3.05, 3.63) is 48.7 Å². The van der Waals surface area contributed by atoms with Gasteiger partial charge in [-0.3, -0.25) is 4.79 Å². The summed E-state index contributed by atoms with van der Waals surface area (Å²) in [7, 11) is 0. The Labute approximate surface area is 148 Å². The molecule has 0 unspecified atom stereocenters. The first kappa shape index (κ1) is 17.3. The Morgan fingerprint density at radius 2 is 1.88 bits per heavy atom. The van der Waals surface area contributed by atoms with Crippen molar-refractivity contribution in [3.63, 3.8) is 0 Å². The fraction of sp³-hybridized carbons (Fsp3) is 0.400. The molecule has 0 bridgehead atoms. The number of pyridine rings is 1. The molecule has 5 nitrogen and oxygen atoms in total. The first-order valence-electron chi connectivity index (χ1n) is 8.82. The standard InChI is InChI=1S/C20H24N2O3/c1-15-6-2-3-7-18(15)22-19(23)14-24-16-9-11-17(12-10-16)25-20-8-4-5-13-21-20/h4-5,8-13,15,18H,2-3,6-7,14H2,1H3,(H,22,23)/t15-,18+/m1/s1. The molecule has 1 aromatic heterocycles. The Bertz CT molecular complexity index is 673. The second kappa shape index (κ2) is 8.51. The van der Waals surface area contributed by atoms with Crippen LogP contribution in [0.5, 0.6) is 17.4 Å². The lowest BCUT2D eigenvalue weighted by molar-refractivity contribution is -0.124. The van der Waals surface area contributed by atoms with Crippen molar-refractivity contribution in [2.24, 2.45) is 5.92 Å². The lowest BCUT2D eigenvalue weighted by Gasteiger charge is -2.29. The summed E-state index contributed by atoms with van der Waals surface area (Å²) in [5.74, 6) is 2.33. The lowest BCUT2D eigenvalue weighted by Crippen LogP contribution is -2.43. The third-order valence-corrected chi connectivity index (χ3v) is 4.51. The predicted molar refractivity (Wildman–Crippen MR) is 95.8 cm³/mol. The van der Waals surface area contributed by atoms with Crippen LogP contribution in [0.1, 0.15) is 32.6 Å². The highest BCUT2D eigenvalue weighted by atomic mass is 16.5. The third kappa shape index (κ3) is 5.21. The summed E-state index contributed by atoms with van der Waals surface area (Å²) >= 11 is 0. The largest absolute Gasteiger partial charge is 0.484 e. The molecular formula is C20H24N2O3. The highest BCUT2D eigenvalue weighted by Crippen LogP contribution is 2.24. The van der Waals surface area contributed by atoms with E-state index < -0.39 is 0 Å². The zero-order valence-corrected chi connectivity index (χ0v) is 14.5. The van der Waals surface area contributed by atoms with E-state index in [1.807, 2.05) is 12.1 Å². The van der Waals surface area contributed by atoms with Crippen molar-refractivity contribution < 1.29 is 14.3 Å². The van der Waals surface area contributed by atoms with Crippen molar-refractivity contribution in [2.45, 2.75) is 38.6 Å². The number of nitrogens with zero attached hydrogens (tertiary/aromatic N) is 1. The summed E-state index contributed by atoms with van der Waals surface area (Å²) in [5, 5.41) is 3.09. The summed E-state index contributed by atoms with van der Waals surface area (Å²) in [6.45, 7) is 2.23. The fourth-order valence-electron chi connectivity index (χ4n) is 3.06. The molecule has 1 aliphatic rings. The van der Waals surface area contributed by atoms with Crippen molar-refractivity contribution in [1.29, 1.82) is 0 Å². The molecular weight excluding hydrogens is 316 g/mol. The van der Waals surface area contributed by atoms with E-state index in [0.717, 1.165) is 6.42 Å². The highest BCUT2D eigenvalue weighted by Gasteiger charge is 2.22. The maximum Gasteiger partial charge on any atom is 0.258 e. The van der Waals surface area contributed by atoms with E-state index in [1.165, 1.54) is 19.3 Å². The maximum atomic E-state index is 12.1. The molecule has 3 rings (SSSR count). The Morgan fingerprint density at radius 3 is 2.60 bits per heavy atom. The summed E-state index contributed by atoms with van der Waals surface area (Å²) < 4.78 is 11.2. The number of amides is 1. The van der Waals surface area contributed by atoms with Crippen molar-refractivity contribution in [3.8, 4) is 17.4 Å². The van der Waals surface area contributed by atoms with Crippen LogP contribution < -0.4 is 14.8 Å². The van der Waals surface area contributed by atoms with Gasteiger partial charge in [0.05, 0.1) is 0 Å². The molecule has 1 fully saturated rings. The van der Waals surface area contributed by atoms with E-state index in [1.54, 1.807) is 36.5 Å². The van der Waals surface area contributed by atoms with Gasteiger partial charge in [-0.25, -0.2) is 4.98 Å². The molecule has 1 heterocycles. The molecule has 25 heavy (non-hydrogen) atoms. The van der Waals surface area contributed by atoms with Gasteiger partial charge in [-0.1, -0.05) is 25.8 Å².